The summed E-state index contributed by atoms with van der Waals surface area (Å²) < 4.78 is 2.24. The molecule has 0 bridgehead atoms. The molecule has 3 heterocycles. The van der Waals surface area contributed by atoms with Crippen LogP contribution < -0.4 is 5.73 Å². The third-order valence-corrected chi connectivity index (χ3v) is 4.94. The number of hydrogen-bond donors (Lipinski definition) is 1. The van der Waals surface area contributed by atoms with Gasteiger partial charge in [-0.05, 0) is 26.3 Å². The molecular weight excluding hydrogens is 282 g/mol. The second-order valence-electron chi connectivity index (χ2n) is 5.45. The Morgan fingerprint density at radius 3 is 2.71 bits per heavy atom. The maximum Gasteiger partial charge on any atom is 0.146 e. The Labute approximate surface area is 127 Å². The molecule has 0 aromatic carbocycles. The van der Waals surface area contributed by atoms with Crippen molar-refractivity contribution < 1.29 is 0 Å². The molecule has 0 radical (unpaired) electrons. The largest absolute Gasteiger partial charge is 0.383 e. The van der Waals surface area contributed by atoms with E-state index in [9.17, 15) is 0 Å². The van der Waals surface area contributed by atoms with Crippen LogP contribution in [0.3, 0.4) is 0 Å². The number of aromatic nitrogens is 4. The van der Waals surface area contributed by atoms with Crippen molar-refractivity contribution in [1.82, 2.24) is 19.5 Å². The number of nitrogen functional groups attached to an aromatic ring is 1. The molecule has 0 saturated carbocycles. The first-order valence-corrected chi connectivity index (χ1v) is 7.86. The molecule has 0 fully saturated rings. The number of fused-ring (bicyclic) bond motifs is 1. The minimum Gasteiger partial charge on any atom is -0.383 e. The average Bonchev–Trinajstić information content (AvgIpc) is 3.02. The van der Waals surface area contributed by atoms with E-state index in [1.807, 2.05) is 18.5 Å². The van der Waals surface area contributed by atoms with E-state index in [0.717, 1.165) is 28.1 Å². The minimum atomic E-state index is 0.343. The molecule has 5 nitrogen and oxygen atoms in total. The van der Waals surface area contributed by atoms with Gasteiger partial charge in [-0.25, -0.2) is 15.0 Å². The van der Waals surface area contributed by atoms with E-state index >= 15 is 0 Å². The van der Waals surface area contributed by atoms with Crippen molar-refractivity contribution in [2.45, 2.75) is 40.2 Å². The van der Waals surface area contributed by atoms with Crippen LogP contribution in [0.4, 0.5) is 5.82 Å². The highest BCUT2D eigenvalue weighted by atomic mass is 32.1. The molecule has 3 aromatic heterocycles. The topological polar surface area (TPSA) is 69.6 Å². The molecule has 0 aliphatic heterocycles. The van der Waals surface area contributed by atoms with Crippen LogP contribution in [-0.4, -0.2) is 19.5 Å². The number of anilines is 1. The van der Waals surface area contributed by atoms with Crippen LogP contribution in [0.5, 0.6) is 0 Å². The van der Waals surface area contributed by atoms with Crippen LogP contribution in [0.2, 0.25) is 0 Å². The van der Waals surface area contributed by atoms with E-state index < -0.39 is 0 Å². The summed E-state index contributed by atoms with van der Waals surface area (Å²) in [6, 6.07) is 0. The monoisotopic (exact) mass is 301 g/mol. The number of hydrogen-bond acceptors (Lipinski definition) is 5. The summed E-state index contributed by atoms with van der Waals surface area (Å²) in [7, 11) is 0. The van der Waals surface area contributed by atoms with E-state index in [4.69, 9.17) is 5.73 Å². The number of nitrogens with zero attached hydrogens (tertiary/aromatic N) is 4. The third-order valence-electron chi connectivity index (χ3n) is 3.94. The fourth-order valence-electron chi connectivity index (χ4n) is 2.73. The maximum absolute atomic E-state index is 6.09. The molecule has 1 unspecified atom stereocenters. The molecule has 3 rings (SSSR count). The van der Waals surface area contributed by atoms with Gasteiger partial charge in [0.15, 0.2) is 0 Å². The summed E-state index contributed by atoms with van der Waals surface area (Å²) in [6.45, 7) is 9.11. The first-order valence-electron chi connectivity index (χ1n) is 6.98. The summed E-state index contributed by atoms with van der Waals surface area (Å²) in [5.41, 5.74) is 9.38. The molecule has 0 aliphatic rings. The van der Waals surface area contributed by atoms with Crippen molar-refractivity contribution in [3.8, 4) is 0 Å². The van der Waals surface area contributed by atoms with Gasteiger partial charge in [0.25, 0.3) is 0 Å². The molecule has 2 N–H and O–H groups in total. The number of nitrogens with two attached hydrogens (primary N) is 1. The standard InChI is InChI=1S/C15H19N5S/c1-8(15-17-5-6-21-15)7-20-10(3)9(2)12-13(16)18-11(4)19-14(12)20/h5-6,8H,7H2,1-4H3,(H2,16,18,19). The summed E-state index contributed by atoms with van der Waals surface area (Å²) in [4.78, 5) is 13.3. The summed E-state index contributed by atoms with van der Waals surface area (Å²) in [5.74, 6) is 1.62. The molecule has 1 atom stereocenters. The first-order chi connectivity index (χ1) is 9.99. The van der Waals surface area contributed by atoms with Gasteiger partial charge >= 0.3 is 0 Å². The predicted molar refractivity (Wildman–Crippen MR) is 86.7 cm³/mol. The van der Waals surface area contributed by atoms with Gasteiger partial charge in [-0.3, -0.25) is 0 Å². The highest BCUT2D eigenvalue weighted by Crippen LogP contribution is 2.30. The normalized spacial score (nSPS) is 13.0. The smallest absolute Gasteiger partial charge is 0.146 e. The van der Waals surface area contributed by atoms with Crippen molar-refractivity contribution in [2.24, 2.45) is 0 Å². The Balaban J connectivity index is 2.12. The maximum atomic E-state index is 6.09. The molecule has 0 spiro atoms. The van der Waals surface area contributed by atoms with Crippen LogP contribution in [-0.2, 0) is 6.54 Å². The van der Waals surface area contributed by atoms with Crippen LogP contribution in [0, 0.1) is 20.8 Å². The van der Waals surface area contributed by atoms with Gasteiger partial charge in [-0.15, -0.1) is 11.3 Å². The van der Waals surface area contributed by atoms with E-state index in [1.165, 1.54) is 5.69 Å². The molecule has 0 saturated heterocycles. The van der Waals surface area contributed by atoms with Crippen molar-refractivity contribution in [2.75, 3.05) is 5.73 Å². The lowest BCUT2D eigenvalue weighted by atomic mass is 10.2. The predicted octanol–water partition coefficient (Wildman–Crippen LogP) is 3.20. The van der Waals surface area contributed by atoms with Gasteiger partial charge in [-0.2, -0.15) is 0 Å². The van der Waals surface area contributed by atoms with Gasteiger partial charge in [-0.1, -0.05) is 6.92 Å². The Morgan fingerprint density at radius 2 is 2.05 bits per heavy atom. The van der Waals surface area contributed by atoms with Crippen LogP contribution in [0.1, 0.15) is 34.9 Å². The van der Waals surface area contributed by atoms with Crippen LogP contribution >= 0.6 is 11.3 Å². The van der Waals surface area contributed by atoms with E-state index in [0.29, 0.717) is 17.6 Å². The molecule has 6 heteroatoms. The molecule has 3 aromatic rings. The van der Waals surface area contributed by atoms with Crippen molar-refractivity contribution in [3.05, 3.63) is 33.7 Å². The lowest BCUT2D eigenvalue weighted by Crippen LogP contribution is -2.09. The highest BCUT2D eigenvalue weighted by molar-refractivity contribution is 7.09. The van der Waals surface area contributed by atoms with Crippen LogP contribution in [0.25, 0.3) is 11.0 Å². The lowest BCUT2D eigenvalue weighted by molar-refractivity contribution is 0.595. The molecular formula is C15H19N5S. The third kappa shape index (κ3) is 2.29. The van der Waals surface area contributed by atoms with Gasteiger partial charge in [0, 0.05) is 29.7 Å². The fourth-order valence-corrected chi connectivity index (χ4v) is 3.42. The second-order valence-corrected chi connectivity index (χ2v) is 6.37. The van der Waals surface area contributed by atoms with E-state index in [1.54, 1.807) is 11.3 Å². The Kier molecular flexibility index (Phi) is 3.41. The molecule has 0 aliphatic carbocycles. The van der Waals surface area contributed by atoms with Gasteiger partial charge < -0.3 is 10.3 Å². The van der Waals surface area contributed by atoms with E-state index in [2.05, 4.69) is 40.3 Å². The molecule has 0 amide bonds. The van der Waals surface area contributed by atoms with Crippen molar-refractivity contribution >= 4 is 28.2 Å². The second kappa shape index (κ2) is 5.11. The summed E-state index contributed by atoms with van der Waals surface area (Å²) in [5, 5.41) is 4.14. The number of rotatable bonds is 3. The van der Waals surface area contributed by atoms with Gasteiger partial charge in [0.2, 0.25) is 0 Å². The number of thiazole rings is 1. The SMILES string of the molecule is Cc1nc(N)c2c(C)c(C)n(CC(C)c3nccs3)c2n1. The quantitative estimate of drug-likeness (QED) is 0.806. The van der Waals surface area contributed by atoms with E-state index in [-0.39, 0.29) is 0 Å². The molecule has 21 heavy (non-hydrogen) atoms. The van der Waals surface area contributed by atoms with Crippen molar-refractivity contribution in [3.63, 3.8) is 0 Å². The number of aryl methyl sites for hydroxylation is 2. The Bertz CT molecular complexity index is 788. The fraction of sp³-hybridized carbons (Fsp3) is 0.400. The zero-order valence-electron chi connectivity index (χ0n) is 12.7. The zero-order valence-corrected chi connectivity index (χ0v) is 13.5. The summed E-state index contributed by atoms with van der Waals surface area (Å²) in [6.07, 6.45) is 1.85. The zero-order chi connectivity index (χ0) is 15.1. The highest BCUT2D eigenvalue weighted by Gasteiger charge is 2.19. The average molecular weight is 301 g/mol. The lowest BCUT2D eigenvalue weighted by Gasteiger charge is -2.13. The van der Waals surface area contributed by atoms with Gasteiger partial charge in [0.05, 0.1) is 10.4 Å². The van der Waals surface area contributed by atoms with Gasteiger partial charge in [0.1, 0.15) is 17.3 Å². The molecule has 110 valence electrons. The minimum absolute atomic E-state index is 0.343. The first kappa shape index (κ1) is 14.0. The van der Waals surface area contributed by atoms with Crippen molar-refractivity contribution in [1.29, 1.82) is 0 Å². The summed E-state index contributed by atoms with van der Waals surface area (Å²) >= 11 is 1.69. The van der Waals surface area contributed by atoms with Crippen LogP contribution in [0.15, 0.2) is 11.6 Å². The Hall–Kier alpha value is -1.95. The Morgan fingerprint density at radius 1 is 1.29 bits per heavy atom.